The number of carbonyl (C=O) groups excluding carboxylic acids is 1. The molecule has 0 fully saturated rings. The smallest absolute Gasteiger partial charge is 0.295 e. The molecule has 0 radical (unpaired) electrons. The van der Waals surface area contributed by atoms with Crippen LogP contribution in [0.25, 0.3) is 22.5 Å². The molecule has 0 aliphatic rings. The van der Waals surface area contributed by atoms with Gasteiger partial charge < -0.3 is 5.32 Å². The van der Waals surface area contributed by atoms with Gasteiger partial charge in [0.15, 0.2) is 0 Å². The maximum absolute atomic E-state index is 13.3. The van der Waals surface area contributed by atoms with Crippen molar-refractivity contribution in [3.63, 3.8) is 0 Å². The number of anilines is 1. The van der Waals surface area contributed by atoms with E-state index in [-0.39, 0.29) is 16.6 Å². The van der Waals surface area contributed by atoms with Gasteiger partial charge in [0, 0.05) is 11.1 Å². The molecule has 0 spiro atoms. The van der Waals surface area contributed by atoms with Crippen molar-refractivity contribution in [1.29, 1.82) is 0 Å². The third-order valence-electron chi connectivity index (χ3n) is 5.08. The first kappa shape index (κ1) is 24.0. The van der Waals surface area contributed by atoms with Crippen molar-refractivity contribution in [2.24, 2.45) is 0 Å². The lowest BCUT2D eigenvalue weighted by atomic mass is 10.0. The van der Waals surface area contributed by atoms with E-state index in [0.29, 0.717) is 11.4 Å². The first-order valence-corrected chi connectivity index (χ1v) is 11.5. The van der Waals surface area contributed by atoms with Crippen molar-refractivity contribution in [3.8, 4) is 22.5 Å². The molecule has 1 N–H and O–H groups in total. The van der Waals surface area contributed by atoms with Gasteiger partial charge in [-0.1, -0.05) is 71.4 Å². The van der Waals surface area contributed by atoms with Crippen LogP contribution in [0.5, 0.6) is 0 Å². The molecule has 0 aliphatic heterocycles. The molecule has 0 atom stereocenters. The van der Waals surface area contributed by atoms with Gasteiger partial charge in [-0.2, -0.15) is 0 Å². The highest BCUT2D eigenvalue weighted by Gasteiger charge is 2.18. The van der Waals surface area contributed by atoms with Gasteiger partial charge in [-0.3, -0.25) is 14.9 Å². The van der Waals surface area contributed by atoms with Crippen LogP contribution < -0.4 is 5.32 Å². The van der Waals surface area contributed by atoms with Gasteiger partial charge >= 0.3 is 0 Å². The highest BCUT2D eigenvalue weighted by atomic mass is 32.2. The molecule has 35 heavy (non-hydrogen) atoms. The average Bonchev–Trinajstić information content (AvgIpc) is 2.85. The third-order valence-corrected chi connectivity index (χ3v) is 5.92. The van der Waals surface area contributed by atoms with E-state index in [4.69, 9.17) is 0 Å². The van der Waals surface area contributed by atoms with Gasteiger partial charge in [-0.15, -0.1) is 10.2 Å². The number of rotatable bonds is 7. The van der Waals surface area contributed by atoms with Crippen LogP contribution in [0.2, 0.25) is 0 Å². The van der Waals surface area contributed by atoms with Crippen LogP contribution in [-0.2, 0) is 4.79 Å². The molecule has 0 unspecified atom stereocenters. The minimum Gasteiger partial charge on any atom is -0.320 e. The Kier molecular flexibility index (Phi) is 7.11. The quantitative estimate of drug-likeness (QED) is 0.204. The highest BCUT2D eigenvalue weighted by Crippen LogP contribution is 2.31. The van der Waals surface area contributed by atoms with Crippen LogP contribution in [0.15, 0.2) is 71.9 Å². The monoisotopic (exact) mass is 489 g/mol. The van der Waals surface area contributed by atoms with E-state index in [1.807, 2.05) is 62.4 Å². The molecule has 1 amide bonds. The minimum atomic E-state index is -0.763. The number of nitrogens with one attached hydrogen (secondary N) is 1. The van der Waals surface area contributed by atoms with Gasteiger partial charge in [0.05, 0.1) is 16.7 Å². The van der Waals surface area contributed by atoms with Crippen LogP contribution in [-0.4, -0.2) is 31.8 Å². The van der Waals surface area contributed by atoms with Gasteiger partial charge in [0.2, 0.25) is 11.1 Å². The predicted molar refractivity (Wildman–Crippen MR) is 133 cm³/mol. The Morgan fingerprint density at radius 2 is 1.54 bits per heavy atom. The van der Waals surface area contributed by atoms with Gasteiger partial charge in [0.1, 0.15) is 22.9 Å². The maximum Gasteiger partial charge on any atom is 0.295 e. The normalized spacial score (nSPS) is 10.7. The van der Waals surface area contributed by atoms with E-state index in [1.165, 1.54) is 0 Å². The van der Waals surface area contributed by atoms with Crippen molar-refractivity contribution in [2.45, 2.75) is 19.0 Å². The second-order valence-electron chi connectivity index (χ2n) is 7.78. The Hall–Kier alpha value is -4.18. The summed E-state index contributed by atoms with van der Waals surface area (Å²) < 4.78 is 13.3. The summed E-state index contributed by atoms with van der Waals surface area (Å²) in [6.45, 7) is 3.99. The number of nitro benzene ring substituents is 1. The lowest BCUT2D eigenvalue weighted by Crippen LogP contribution is -2.15. The molecule has 0 saturated carbocycles. The number of carbonyl (C=O) groups is 1. The number of aryl methyl sites for hydroxylation is 2. The SMILES string of the molecule is Cc1ccc(-c2nnc(SCC(=O)Nc3ccc(F)cc3[N+](=O)[O-])nc2-c2ccc(C)cc2)cc1. The van der Waals surface area contributed by atoms with E-state index in [0.717, 1.165) is 52.2 Å². The minimum absolute atomic E-state index is 0.0869. The van der Waals surface area contributed by atoms with E-state index < -0.39 is 22.3 Å². The number of amides is 1. The topological polar surface area (TPSA) is 111 Å². The first-order valence-electron chi connectivity index (χ1n) is 10.6. The standard InChI is InChI=1S/C25H20FN5O3S/c1-15-3-7-17(8-4-15)23-24(18-9-5-16(2)6-10-18)29-30-25(28-23)35-14-22(32)27-20-12-11-19(26)13-21(20)31(33)34/h3-13H,14H2,1-2H3,(H,27,32). The fourth-order valence-electron chi connectivity index (χ4n) is 3.27. The van der Waals surface area contributed by atoms with Crippen molar-refractivity contribution in [2.75, 3.05) is 11.1 Å². The molecule has 3 aromatic carbocycles. The maximum atomic E-state index is 13.3. The van der Waals surface area contributed by atoms with Crippen molar-refractivity contribution < 1.29 is 14.1 Å². The number of nitrogens with zero attached hydrogens (tertiary/aromatic N) is 4. The summed E-state index contributed by atoms with van der Waals surface area (Å²) in [5.41, 5.74) is 4.57. The molecule has 0 saturated heterocycles. The zero-order valence-corrected chi connectivity index (χ0v) is 19.7. The summed E-state index contributed by atoms with van der Waals surface area (Å²) in [6.07, 6.45) is 0. The summed E-state index contributed by atoms with van der Waals surface area (Å²) in [6, 6.07) is 18.7. The molecule has 4 rings (SSSR count). The van der Waals surface area contributed by atoms with Gasteiger partial charge in [-0.05, 0) is 26.0 Å². The molecule has 10 heteroatoms. The average molecular weight is 490 g/mol. The number of nitro groups is 1. The van der Waals surface area contributed by atoms with E-state index in [9.17, 15) is 19.3 Å². The number of aromatic nitrogens is 3. The lowest BCUT2D eigenvalue weighted by molar-refractivity contribution is -0.384. The molecule has 0 aliphatic carbocycles. The predicted octanol–water partition coefficient (Wildman–Crippen LogP) is 5.60. The zero-order valence-electron chi connectivity index (χ0n) is 18.9. The number of benzene rings is 3. The molecule has 8 nitrogen and oxygen atoms in total. The highest BCUT2D eigenvalue weighted by molar-refractivity contribution is 7.99. The Balaban J connectivity index is 1.57. The number of hydrogen-bond donors (Lipinski definition) is 1. The Labute approximate surface area is 204 Å². The summed E-state index contributed by atoms with van der Waals surface area (Å²) in [4.78, 5) is 27.5. The zero-order chi connectivity index (χ0) is 24.9. The van der Waals surface area contributed by atoms with Gasteiger partial charge in [0.25, 0.3) is 5.69 Å². The van der Waals surface area contributed by atoms with Crippen LogP contribution in [0.4, 0.5) is 15.8 Å². The summed E-state index contributed by atoms with van der Waals surface area (Å²) in [5, 5.41) is 22.4. The summed E-state index contributed by atoms with van der Waals surface area (Å²) in [7, 11) is 0. The lowest BCUT2D eigenvalue weighted by Gasteiger charge is -2.10. The summed E-state index contributed by atoms with van der Waals surface area (Å²) in [5.74, 6) is -1.40. The van der Waals surface area contributed by atoms with Crippen LogP contribution >= 0.6 is 11.8 Å². The van der Waals surface area contributed by atoms with E-state index in [2.05, 4.69) is 20.5 Å². The van der Waals surface area contributed by atoms with Crippen LogP contribution in [0.1, 0.15) is 11.1 Å². The fraction of sp³-hybridized carbons (Fsp3) is 0.120. The van der Waals surface area contributed by atoms with Crippen LogP contribution in [0.3, 0.4) is 0 Å². The Morgan fingerprint density at radius 1 is 0.943 bits per heavy atom. The molecular weight excluding hydrogens is 469 g/mol. The molecule has 176 valence electrons. The second kappa shape index (κ2) is 10.4. The third kappa shape index (κ3) is 5.85. The first-order chi connectivity index (χ1) is 16.8. The molecular formula is C25H20FN5O3S. The van der Waals surface area contributed by atoms with E-state index >= 15 is 0 Å². The number of hydrogen-bond acceptors (Lipinski definition) is 7. The largest absolute Gasteiger partial charge is 0.320 e. The van der Waals surface area contributed by atoms with Crippen molar-refractivity contribution in [1.82, 2.24) is 15.2 Å². The molecule has 1 aromatic heterocycles. The van der Waals surface area contributed by atoms with Crippen LogP contribution in [0, 0.1) is 29.8 Å². The van der Waals surface area contributed by atoms with Crippen molar-refractivity contribution in [3.05, 3.63) is 93.8 Å². The molecule has 4 aromatic rings. The van der Waals surface area contributed by atoms with E-state index in [1.54, 1.807) is 0 Å². The second-order valence-corrected chi connectivity index (χ2v) is 8.72. The Morgan fingerprint density at radius 3 is 2.14 bits per heavy atom. The molecule has 0 bridgehead atoms. The Bertz CT molecular complexity index is 1400. The van der Waals surface area contributed by atoms with Crippen molar-refractivity contribution >= 4 is 29.0 Å². The fourth-order valence-corrected chi connectivity index (χ4v) is 3.86. The molecule has 1 heterocycles. The number of thioether (sulfide) groups is 1. The van der Waals surface area contributed by atoms with Gasteiger partial charge in [-0.25, -0.2) is 9.37 Å². The summed E-state index contributed by atoms with van der Waals surface area (Å²) >= 11 is 1.04. The number of halogens is 1.